The minimum Gasteiger partial charge on any atom is -0.462 e. The first-order valence-corrected chi connectivity index (χ1v) is 12.6. The number of carbonyl (C=O) groups is 2. The minimum atomic E-state index is -0.564. The molecule has 0 aliphatic carbocycles. The normalized spacial score (nSPS) is 18.6. The Morgan fingerprint density at radius 2 is 1.77 bits per heavy atom. The van der Waals surface area contributed by atoms with E-state index in [0.29, 0.717) is 5.16 Å². The highest BCUT2D eigenvalue weighted by molar-refractivity contribution is 7.99. The number of carbonyl (C=O) groups excluding carboxylic acids is 2. The maximum absolute atomic E-state index is 13.6. The van der Waals surface area contributed by atoms with Crippen LogP contribution in [0.4, 0.5) is 11.5 Å². The summed E-state index contributed by atoms with van der Waals surface area (Å²) in [5.74, 6) is -0.432. The second-order valence-electron chi connectivity index (χ2n) is 9.39. The molecule has 1 atom stereocenters. The molecule has 3 aromatic rings. The molecule has 0 radical (unpaired) electrons. The minimum absolute atomic E-state index is 0.0377. The van der Waals surface area contributed by atoms with Gasteiger partial charge in [0.15, 0.2) is 5.16 Å². The molecule has 1 aromatic heterocycles. The summed E-state index contributed by atoms with van der Waals surface area (Å²) < 4.78 is 4.96. The molecule has 8 heteroatoms. The summed E-state index contributed by atoms with van der Waals surface area (Å²) in [5.41, 5.74) is 8.67. The number of nitrogens with two attached hydrogens (primary N) is 1. The third-order valence-electron chi connectivity index (χ3n) is 6.41. The van der Waals surface area contributed by atoms with Crippen molar-refractivity contribution in [2.45, 2.75) is 50.2 Å². The molecule has 0 bridgehead atoms. The molecular formula is C27H30N4O3S. The van der Waals surface area contributed by atoms with Gasteiger partial charge in [-0.25, -0.2) is 14.8 Å². The van der Waals surface area contributed by atoms with Gasteiger partial charge < -0.3 is 15.4 Å². The van der Waals surface area contributed by atoms with Gasteiger partial charge in [0.25, 0.3) is 0 Å². The van der Waals surface area contributed by atoms with Crippen molar-refractivity contribution in [2.24, 2.45) is 0 Å². The summed E-state index contributed by atoms with van der Waals surface area (Å²) >= 11 is 1.20. The van der Waals surface area contributed by atoms with Crippen LogP contribution >= 0.6 is 11.8 Å². The maximum atomic E-state index is 13.6. The van der Waals surface area contributed by atoms with Crippen molar-refractivity contribution < 1.29 is 14.3 Å². The topological polar surface area (TPSA) is 98.4 Å². The number of aromatic nitrogens is 2. The number of anilines is 2. The third-order valence-corrected chi connectivity index (χ3v) is 7.25. The largest absolute Gasteiger partial charge is 0.462 e. The molecule has 0 fully saturated rings. The molecule has 2 N–H and O–H groups in total. The smallest absolute Gasteiger partial charge is 0.343 e. The Hall–Kier alpha value is -3.39. The molecule has 2 heterocycles. The van der Waals surface area contributed by atoms with Crippen LogP contribution < -0.4 is 10.6 Å². The van der Waals surface area contributed by atoms with Crippen LogP contribution in [0.2, 0.25) is 0 Å². The van der Waals surface area contributed by atoms with Crippen molar-refractivity contribution in [3.63, 3.8) is 0 Å². The van der Waals surface area contributed by atoms with Crippen LogP contribution in [0.5, 0.6) is 0 Å². The van der Waals surface area contributed by atoms with Crippen molar-refractivity contribution in [1.82, 2.24) is 9.97 Å². The van der Waals surface area contributed by atoms with E-state index in [-0.39, 0.29) is 35.1 Å². The molecule has 1 amide bonds. The lowest BCUT2D eigenvalue weighted by molar-refractivity contribution is -0.117. The highest BCUT2D eigenvalue weighted by Crippen LogP contribution is 2.50. The Morgan fingerprint density at radius 3 is 2.46 bits per heavy atom. The van der Waals surface area contributed by atoms with E-state index in [4.69, 9.17) is 10.5 Å². The number of rotatable bonds is 6. The highest BCUT2D eigenvalue weighted by Gasteiger charge is 2.47. The van der Waals surface area contributed by atoms with Crippen LogP contribution in [0.25, 0.3) is 0 Å². The first-order valence-electron chi connectivity index (χ1n) is 11.6. The van der Waals surface area contributed by atoms with Crippen molar-refractivity contribution in [3.05, 3.63) is 77.5 Å². The lowest BCUT2D eigenvalue weighted by Crippen LogP contribution is -2.56. The molecule has 7 nitrogen and oxygen atoms in total. The Balaban J connectivity index is 1.60. The van der Waals surface area contributed by atoms with Crippen LogP contribution in [0, 0.1) is 0 Å². The SMILES string of the molecule is CCOC(=O)c1cnc(SCC(=O)N2c3ccccc3C(C)(c3ccccc3)CC2(C)C)nc1N. The second-order valence-corrected chi connectivity index (χ2v) is 10.3. The molecule has 4 rings (SSSR count). The predicted octanol–water partition coefficient (Wildman–Crippen LogP) is 4.85. The number of amides is 1. The van der Waals surface area contributed by atoms with Gasteiger partial charge >= 0.3 is 5.97 Å². The Bertz CT molecular complexity index is 1250. The Morgan fingerprint density at radius 1 is 1.09 bits per heavy atom. The van der Waals surface area contributed by atoms with Crippen molar-refractivity contribution in [3.8, 4) is 0 Å². The highest BCUT2D eigenvalue weighted by atomic mass is 32.2. The van der Waals surface area contributed by atoms with E-state index in [1.807, 2.05) is 29.2 Å². The fourth-order valence-corrected chi connectivity index (χ4v) is 5.71. The second kappa shape index (κ2) is 9.70. The lowest BCUT2D eigenvalue weighted by atomic mass is 9.65. The summed E-state index contributed by atoms with van der Waals surface area (Å²) in [6, 6.07) is 18.6. The molecule has 1 aliphatic heterocycles. The maximum Gasteiger partial charge on any atom is 0.343 e. The zero-order valence-electron chi connectivity index (χ0n) is 20.4. The average molecular weight is 491 g/mol. The number of nitrogens with zero attached hydrogens (tertiary/aromatic N) is 3. The monoisotopic (exact) mass is 490 g/mol. The number of hydrogen-bond donors (Lipinski definition) is 1. The molecular weight excluding hydrogens is 460 g/mol. The number of nitrogen functional groups attached to an aromatic ring is 1. The first-order chi connectivity index (χ1) is 16.7. The number of para-hydroxylation sites is 1. The number of thioether (sulfide) groups is 1. The van der Waals surface area contributed by atoms with Gasteiger partial charge in [-0.1, -0.05) is 67.2 Å². The van der Waals surface area contributed by atoms with Gasteiger partial charge in [0.1, 0.15) is 11.4 Å². The first kappa shape index (κ1) is 24.7. The molecule has 0 saturated carbocycles. The van der Waals surface area contributed by atoms with Crippen molar-refractivity contribution >= 4 is 35.1 Å². The van der Waals surface area contributed by atoms with Crippen molar-refractivity contribution in [1.29, 1.82) is 0 Å². The quantitative estimate of drug-likeness (QED) is 0.300. The van der Waals surface area contributed by atoms with Gasteiger partial charge in [-0.3, -0.25) is 4.79 Å². The fourth-order valence-electron chi connectivity index (χ4n) is 5.04. The molecule has 35 heavy (non-hydrogen) atoms. The fraction of sp³-hybridized carbons (Fsp3) is 0.333. The van der Waals surface area contributed by atoms with E-state index in [0.717, 1.165) is 17.7 Å². The number of ether oxygens (including phenoxy) is 1. The molecule has 0 saturated heterocycles. The van der Waals surface area contributed by atoms with Gasteiger partial charge in [-0.15, -0.1) is 0 Å². The summed E-state index contributed by atoms with van der Waals surface area (Å²) in [6.07, 6.45) is 2.12. The van der Waals surface area contributed by atoms with Gasteiger partial charge in [0, 0.05) is 22.8 Å². The lowest BCUT2D eigenvalue weighted by Gasteiger charge is -2.51. The third kappa shape index (κ3) is 4.75. The van der Waals surface area contributed by atoms with Crippen molar-refractivity contribution in [2.75, 3.05) is 23.0 Å². The Kier molecular flexibility index (Phi) is 6.85. The zero-order chi connectivity index (χ0) is 25.2. The molecule has 2 aromatic carbocycles. The summed E-state index contributed by atoms with van der Waals surface area (Å²) in [7, 11) is 0. The summed E-state index contributed by atoms with van der Waals surface area (Å²) in [6.45, 7) is 8.42. The number of esters is 1. The molecule has 1 unspecified atom stereocenters. The van der Waals surface area contributed by atoms with E-state index in [1.54, 1.807) is 6.92 Å². The predicted molar refractivity (Wildman–Crippen MR) is 139 cm³/mol. The zero-order valence-corrected chi connectivity index (χ0v) is 21.3. The average Bonchev–Trinajstić information content (AvgIpc) is 2.83. The van der Waals surface area contributed by atoms with E-state index in [9.17, 15) is 9.59 Å². The number of benzene rings is 2. The van der Waals surface area contributed by atoms with E-state index < -0.39 is 11.5 Å². The summed E-state index contributed by atoms with van der Waals surface area (Å²) in [5, 5.41) is 0.334. The van der Waals surface area contributed by atoms with Crippen LogP contribution in [0.3, 0.4) is 0 Å². The van der Waals surface area contributed by atoms with Gasteiger partial charge in [-0.2, -0.15) is 0 Å². The molecule has 0 spiro atoms. The van der Waals surface area contributed by atoms with E-state index in [2.05, 4.69) is 61.1 Å². The van der Waals surface area contributed by atoms with Crippen LogP contribution in [0.1, 0.15) is 55.6 Å². The molecule has 1 aliphatic rings. The van der Waals surface area contributed by atoms with Crippen LogP contribution in [0.15, 0.2) is 66.0 Å². The van der Waals surface area contributed by atoms with E-state index in [1.165, 1.54) is 23.5 Å². The number of fused-ring (bicyclic) bond motifs is 1. The van der Waals surface area contributed by atoms with Crippen LogP contribution in [-0.4, -0.2) is 39.7 Å². The standard InChI is InChI=1S/C27H30N4O3S/c1-5-34-24(33)19-15-29-25(30-23(19)28)35-16-22(32)31-21-14-10-9-13-20(21)27(4,17-26(31,2)3)18-11-7-6-8-12-18/h6-15H,5,16-17H2,1-4H3,(H2,28,29,30). The van der Waals surface area contributed by atoms with Gasteiger partial charge in [0.2, 0.25) is 5.91 Å². The number of hydrogen-bond acceptors (Lipinski definition) is 7. The van der Waals surface area contributed by atoms with Gasteiger partial charge in [-0.05, 0) is 44.4 Å². The Labute approximate surface area is 210 Å². The summed E-state index contributed by atoms with van der Waals surface area (Å²) in [4.78, 5) is 35.8. The van der Waals surface area contributed by atoms with E-state index >= 15 is 0 Å². The van der Waals surface area contributed by atoms with Gasteiger partial charge in [0.05, 0.1) is 12.4 Å². The van der Waals surface area contributed by atoms with Crippen LogP contribution in [-0.2, 0) is 14.9 Å². The molecule has 182 valence electrons.